The molecule has 1 aromatic carbocycles. The minimum Gasteiger partial charge on any atom is -0.330 e. The highest BCUT2D eigenvalue weighted by molar-refractivity contribution is 7.92. The van der Waals surface area contributed by atoms with E-state index in [2.05, 4.69) is 17.0 Å². The van der Waals surface area contributed by atoms with Crippen molar-refractivity contribution < 1.29 is 13.2 Å². The predicted molar refractivity (Wildman–Crippen MR) is 85.6 cm³/mol. The van der Waals surface area contributed by atoms with E-state index in [0.29, 0.717) is 30.3 Å². The van der Waals surface area contributed by atoms with Gasteiger partial charge in [0.25, 0.3) is 0 Å². The third kappa shape index (κ3) is 7.67. The Kier molecular flexibility index (Phi) is 6.64. The maximum atomic E-state index is 11.8. The van der Waals surface area contributed by atoms with Crippen molar-refractivity contribution in [1.82, 2.24) is 0 Å². The lowest BCUT2D eigenvalue weighted by Crippen LogP contribution is -2.14. The van der Waals surface area contributed by atoms with E-state index >= 15 is 0 Å². The number of rotatable bonds is 8. The van der Waals surface area contributed by atoms with E-state index in [1.807, 2.05) is 0 Å². The van der Waals surface area contributed by atoms with Crippen LogP contribution in [0.15, 0.2) is 24.3 Å². The van der Waals surface area contributed by atoms with Gasteiger partial charge < -0.3 is 11.1 Å². The molecule has 0 spiro atoms. The number of nitrogens with one attached hydrogen (secondary N) is 2. The summed E-state index contributed by atoms with van der Waals surface area (Å²) < 4.78 is 24.7. The van der Waals surface area contributed by atoms with Crippen molar-refractivity contribution in [2.75, 3.05) is 22.8 Å². The molecule has 1 amide bonds. The molecular weight excluding hydrogens is 290 g/mol. The van der Waals surface area contributed by atoms with Crippen LogP contribution in [-0.2, 0) is 14.8 Å². The van der Waals surface area contributed by atoms with Gasteiger partial charge in [-0.2, -0.15) is 0 Å². The molecule has 0 saturated carbocycles. The number of nitrogens with two attached hydrogens (primary N) is 1. The lowest BCUT2D eigenvalue weighted by Gasteiger charge is -2.11. The first-order valence-corrected chi connectivity index (χ1v) is 8.77. The van der Waals surface area contributed by atoms with Crippen LogP contribution in [0.2, 0.25) is 0 Å². The van der Waals surface area contributed by atoms with E-state index in [0.717, 1.165) is 19.1 Å². The fourth-order valence-corrected chi connectivity index (χ4v) is 2.46. The zero-order valence-corrected chi connectivity index (χ0v) is 13.2. The Bertz CT molecular complexity index is 573. The summed E-state index contributed by atoms with van der Waals surface area (Å²) in [5.41, 5.74) is 6.46. The maximum absolute atomic E-state index is 11.8. The quantitative estimate of drug-likeness (QED) is 0.680. The van der Waals surface area contributed by atoms with Gasteiger partial charge >= 0.3 is 0 Å². The van der Waals surface area contributed by atoms with Crippen LogP contribution in [-0.4, -0.2) is 27.1 Å². The number of sulfonamides is 1. The molecule has 0 heterocycles. The van der Waals surface area contributed by atoms with Gasteiger partial charge in [-0.05, 0) is 43.5 Å². The number of amides is 1. The second-order valence-electron chi connectivity index (χ2n) is 5.22. The average Bonchev–Trinajstić information content (AvgIpc) is 2.35. The van der Waals surface area contributed by atoms with E-state index in [4.69, 9.17) is 5.73 Å². The van der Waals surface area contributed by atoms with Gasteiger partial charge in [-0.1, -0.05) is 13.0 Å². The molecule has 4 N–H and O–H groups in total. The first-order chi connectivity index (χ1) is 9.80. The molecule has 0 radical (unpaired) electrons. The van der Waals surface area contributed by atoms with E-state index in [-0.39, 0.29) is 5.91 Å². The van der Waals surface area contributed by atoms with Gasteiger partial charge in [-0.3, -0.25) is 9.52 Å². The van der Waals surface area contributed by atoms with E-state index in [9.17, 15) is 13.2 Å². The Morgan fingerprint density at radius 3 is 2.57 bits per heavy atom. The van der Waals surface area contributed by atoms with Crippen molar-refractivity contribution in [3.63, 3.8) is 0 Å². The van der Waals surface area contributed by atoms with Crippen molar-refractivity contribution in [2.24, 2.45) is 11.7 Å². The molecule has 1 atom stereocenters. The largest absolute Gasteiger partial charge is 0.330 e. The first kappa shape index (κ1) is 17.5. The van der Waals surface area contributed by atoms with E-state index < -0.39 is 10.0 Å². The van der Waals surface area contributed by atoms with Gasteiger partial charge in [-0.25, -0.2) is 8.42 Å². The second-order valence-corrected chi connectivity index (χ2v) is 6.97. The van der Waals surface area contributed by atoms with Gasteiger partial charge in [0, 0.05) is 12.1 Å². The summed E-state index contributed by atoms with van der Waals surface area (Å²) in [5.74, 6) is 0.328. The summed E-state index contributed by atoms with van der Waals surface area (Å²) in [4.78, 5) is 11.8. The molecule has 0 aromatic heterocycles. The molecule has 0 aliphatic carbocycles. The summed E-state index contributed by atoms with van der Waals surface area (Å²) in [5, 5.41) is 2.76. The van der Waals surface area contributed by atoms with E-state index in [1.54, 1.807) is 24.3 Å². The molecule has 118 valence electrons. The molecule has 6 nitrogen and oxygen atoms in total. The van der Waals surface area contributed by atoms with Crippen LogP contribution in [0.3, 0.4) is 0 Å². The Morgan fingerprint density at radius 2 is 1.95 bits per heavy atom. The van der Waals surface area contributed by atoms with E-state index in [1.165, 1.54) is 0 Å². The standard InChI is InChI=1S/C14H23N3O3S/c1-11(8-9-15)6-7-14(18)16-12-4-3-5-13(10-12)17-21(2,19)20/h3-5,10-11,17H,6-9,15H2,1-2H3,(H,16,18). The fraction of sp³-hybridized carbons (Fsp3) is 0.500. The van der Waals surface area contributed by atoms with Crippen molar-refractivity contribution in [3.8, 4) is 0 Å². The number of anilines is 2. The van der Waals surface area contributed by atoms with Crippen LogP contribution in [0.1, 0.15) is 26.2 Å². The molecule has 0 bridgehead atoms. The number of hydrogen-bond acceptors (Lipinski definition) is 4. The van der Waals surface area contributed by atoms with Crippen molar-refractivity contribution in [2.45, 2.75) is 26.2 Å². The Morgan fingerprint density at radius 1 is 1.29 bits per heavy atom. The molecule has 0 aliphatic rings. The third-order valence-electron chi connectivity index (χ3n) is 2.97. The first-order valence-electron chi connectivity index (χ1n) is 6.88. The molecule has 21 heavy (non-hydrogen) atoms. The normalized spacial score (nSPS) is 12.7. The smallest absolute Gasteiger partial charge is 0.229 e. The highest BCUT2D eigenvalue weighted by atomic mass is 32.2. The highest BCUT2D eigenvalue weighted by Crippen LogP contribution is 2.17. The molecule has 1 aromatic rings. The minimum atomic E-state index is -3.32. The van der Waals surface area contributed by atoms with Gasteiger partial charge in [0.15, 0.2) is 0 Å². The maximum Gasteiger partial charge on any atom is 0.229 e. The zero-order valence-electron chi connectivity index (χ0n) is 12.4. The summed E-state index contributed by atoms with van der Waals surface area (Å²) in [7, 11) is -3.32. The number of carbonyl (C=O) groups excluding carboxylic acids is 1. The van der Waals surface area contributed by atoms with Crippen molar-refractivity contribution >= 4 is 27.3 Å². The summed E-state index contributed by atoms with van der Waals surface area (Å²) in [6, 6.07) is 6.61. The Hall–Kier alpha value is -1.60. The van der Waals surface area contributed by atoms with Gasteiger partial charge in [-0.15, -0.1) is 0 Å². The van der Waals surface area contributed by atoms with Crippen LogP contribution in [0.5, 0.6) is 0 Å². The monoisotopic (exact) mass is 313 g/mol. The van der Waals surface area contributed by atoms with Gasteiger partial charge in [0.2, 0.25) is 15.9 Å². The Balaban J connectivity index is 2.54. The minimum absolute atomic E-state index is 0.0876. The van der Waals surface area contributed by atoms with Crippen LogP contribution in [0.4, 0.5) is 11.4 Å². The molecule has 1 rings (SSSR count). The second kappa shape index (κ2) is 7.99. The summed E-state index contributed by atoms with van der Waals surface area (Å²) >= 11 is 0. The number of hydrogen-bond donors (Lipinski definition) is 3. The SMILES string of the molecule is CC(CCN)CCC(=O)Nc1cccc(NS(C)(=O)=O)c1. The topological polar surface area (TPSA) is 101 Å². The zero-order chi connectivity index (χ0) is 15.9. The molecule has 0 aliphatic heterocycles. The molecule has 0 saturated heterocycles. The van der Waals surface area contributed by atoms with Crippen molar-refractivity contribution in [1.29, 1.82) is 0 Å². The fourth-order valence-electron chi connectivity index (χ4n) is 1.90. The van der Waals surface area contributed by atoms with Crippen molar-refractivity contribution in [3.05, 3.63) is 24.3 Å². The molecule has 1 unspecified atom stereocenters. The lowest BCUT2D eigenvalue weighted by atomic mass is 10.0. The summed E-state index contributed by atoms with van der Waals surface area (Å²) in [6.45, 7) is 2.69. The number of benzene rings is 1. The summed E-state index contributed by atoms with van der Waals surface area (Å²) in [6.07, 6.45) is 3.19. The predicted octanol–water partition coefficient (Wildman–Crippen LogP) is 1.76. The molecule has 7 heteroatoms. The Labute approximate surface area is 126 Å². The van der Waals surface area contributed by atoms with Crippen LogP contribution < -0.4 is 15.8 Å². The highest BCUT2D eigenvalue weighted by Gasteiger charge is 2.08. The average molecular weight is 313 g/mol. The molecular formula is C14H23N3O3S. The van der Waals surface area contributed by atoms with Crippen LogP contribution >= 0.6 is 0 Å². The van der Waals surface area contributed by atoms with Gasteiger partial charge in [0.05, 0.1) is 11.9 Å². The lowest BCUT2D eigenvalue weighted by molar-refractivity contribution is -0.116. The van der Waals surface area contributed by atoms with Crippen LogP contribution in [0, 0.1) is 5.92 Å². The number of carbonyl (C=O) groups is 1. The third-order valence-corrected chi connectivity index (χ3v) is 3.58. The molecule has 0 fully saturated rings. The van der Waals surface area contributed by atoms with Gasteiger partial charge in [0.1, 0.15) is 0 Å². The van der Waals surface area contributed by atoms with Crippen LogP contribution in [0.25, 0.3) is 0 Å².